The largest absolute Gasteiger partial charge is 0.301 e. The highest BCUT2D eigenvalue weighted by Crippen LogP contribution is 2.40. The molecule has 1 unspecified atom stereocenters. The second-order valence-electron chi connectivity index (χ2n) is 4.91. The summed E-state index contributed by atoms with van der Waals surface area (Å²) in [5.74, 6) is 0.805. The Labute approximate surface area is 119 Å². The molecule has 1 atom stereocenters. The Morgan fingerprint density at radius 2 is 2.24 bits per heavy atom. The summed E-state index contributed by atoms with van der Waals surface area (Å²) >= 11 is 8.35. The Balaban J connectivity index is 1.95. The number of carbonyl (C=O) groups excluding carboxylic acids is 1. The Bertz CT molecular complexity index is 473. The fourth-order valence-corrected chi connectivity index (χ4v) is 3.99. The van der Waals surface area contributed by atoms with Gasteiger partial charge in [-0.3, -0.25) is 4.90 Å². The number of nitrogens with zero attached hydrogens (tertiary/aromatic N) is 1. The van der Waals surface area contributed by atoms with Gasteiger partial charge in [-0.05, 0) is 64.6 Å². The van der Waals surface area contributed by atoms with Crippen molar-refractivity contribution in [2.45, 2.75) is 25.4 Å². The third-order valence-corrected chi connectivity index (χ3v) is 4.67. The molecule has 0 bridgehead atoms. The topological polar surface area (TPSA) is 20.3 Å². The van der Waals surface area contributed by atoms with E-state index in [1.165, 1.54) is 24.0 Å². The summed E-state index contributed by atoms with van der Waals surface area (Å²) in [6.45, 7) is 1.91. The molecule has 1 fully saturated rings. The van der Waals surface area contributed by atoms with Crippen LogP contribution < -0.4 is 0 Å². The van der Waals surface area contributed by atoms with Crippen LogP contribution in [0.1, 0.15) is 30.0 Å². The van der Waals surface area contributed by atoms with Gasteiger partial charge in [-0.25, -0.2) is 0 Å². The first-order chi connectivity index (χ1) is 8.19. The van der Waals surface area contributed by atoms with E-state index in [-0.39, 0.29) is 6.04 Å². The van der Waals surface area contributed by atoms with Gasteiger partial charge in [0.15, 0.2) is 0 Å². The molecule has 0 saturated heterocycles. The number of benzene rings is 1. The Hall–Kier alpha value is -0.130. The molecular formula is C13H13ClINO. The van der Waals surface area contributed by atoms with Crippen LogP contribution in [0.5, 0.6) is 0 Å². The van der Waals surface area contributed by atoms with E-state index in [2.05, 4.69) is 27.5 Å². The SMILES string of the molecule is O=CC1c2c(I)cc(Cl)cc2CN1CC1CC1. The van der Waals surface area contributed by atoms with E-state index in [0.717, 1.165) is 33.9 Å². The minimum Gasteiger partial charge on any atom is -0.301 e. The van der Waals surface area contributed by atoms with Gasteiger partial charge < -0.3 is 4.79 Å². The van der Waals surface area contributed by atoms with Gasteiger partial charge in [0, 0.05) is 21.7 Å². The van der Waals surface area contributed by atoms with Crippen molar-refractivity contribution in [3.63, 3.8) is 0 Å². The number of rotatable bonds is 3. The van der Waals surface area contributed by atoms with Crippen LogP contribution in [0.25, 0.3) is 0 Å². The van der Waals surface area contributed by atoms with Crippen LogP contribution in [-0.2, 0) is 11.3 Å². The van der Waals surface area contributed by atoms with Crippen molar-refractivity contribution in [3.05, 3.63) is 31.9 Å². The molecule has 0 spiro atoms. The molecule has 3 rings (SSSR count). The molecule has 1 saturated carbocycles. The minimum atomic E-state index is -0.0604. The smallest absolute Gasteiger partial charge is 0.141 e. The highest BCUT2D eigenvalue weighted by atomic mass is 127. The molecule has 1 aliphatic heterocycles. The van der Waals surface area contributed by atoms with E-state index in [0.29, 0.717) is 0 Å². The summed E-state index contributed by atoms with van der Waals surface area (Å²) in [5.41, 5.74) is 2.39. The predicted molar refractivity (Wildman–Crippen MR) is 76.1 cm³/mol. The monoisotopic (exact) mass is 361 g/mol. The summed E-state index contributed by atoms with van der Waals surface area (Å²) in [7, 11) is 0. The molecule has 1 aromatic rings. The van der Waals surface area contributed by atoms with E-state index >= 15 is 0 Å². The molecule has 0 amide bonds. The fourth-order valence-electron chi connectivity index (χ4n) is 2.56. The molecule has 1 aromatic carbocycles. The van der Waals surface area contributed by atoms with Crippen LogP contribution in [0, 0.1) is 9.49 Å². The Kier molecular flexibility index (Phi) is 3.17. The minimum absolute atomic E-state index is 0.0604. The van der Waals surface area contributed by atoms with Crippen molar-refractivity contribution < 1.29 is 4.79 Å². The van der Waals surface area contributed by atoms with Gasteiger partial charge in [-0.1, -0.05) is 11.6 Å². The van der Waals surface area contributed by atoms with Crippen LogP contribution >= 0.6 is 34.2 Å². The van der Waals surface area contributed by atoms with Crippen LogP contribution in [0.15, 0.2) is 12.1 Å². The lowest BCUT2D eigenvalue weighted by atomic mass is 10.1. The third-order valence-electron chi connectivity index (χ3n) is 3.56. The van der Waals surface area contributed by atoms with Gasteiger partial charge >= 0.3 is 0 Å². The van der Waals surface area contributed by atoms with Gasteiger partial charge in [0.05, 0.1) is 6.04 Å². The first-order valence-corrected chi connectivity index (χ1v) is 7.32. The average molecular weight is 362 g/mol. The lowest BCUT2D eigenvalue weighted by Crippen LogP contribution is -2.25. The molecular weight excluding hydrogens is 349 g/mol. The molecule has 2 nitrogen and oxygen atoms in total. The van der Waals surface area contributed by atoms with E-state index < -0.39 is 0 Å². The second-order valence-corrected chi connectivity index (χ2v) is 6.51. The normalized spacial score (nSPS) is 23.8. The molecule has 2 aliphatic rings. The van der Waals surface area contributed by atoms with E-state index in [1.54, 1.807) is 0 Å². The predicted octanol–water partition coefficient (Wildman–Crippen LogP) is 3.41. The molecule has 1 heterocycles. The van der Waals surface area contributed by atoms with Crippen LogP contribution in [0.4, 0.5) is 0 Å². The van der Waals surface area contributed by atoms with Gasteiger partial charge in [0.1, 0.15) is 6.29 Å². The van der Waals surface area contributed by atoms with Crippen molar-refractivity contribution in [3.8, 4) is 0 Å². The van der Waals surface area contributed by atoms with Crippen molar-refractivity contribution in [2.75, 3.05) is 6.54 Å². The highest BCUT2D eigenvalue weighted by molar-refractivity contribution is 14.1. The van der Waals surface area contributed by atoms with Crippen molar-refractivity contribution in [2.24, 2.45) is 5.92 Å². The van der Waals surface area contributed by atoms with Gasteiger partial charge in [0.25, 0.3) is 0 Å². The number of halogens is 2. The quantitative estimate of drug-likeness (QED) is 0.607. The van der Waals surface area contributed by atoms with Crippen LogP contribution in [-0.4, -0.2) is 17.7 Å². The Morgan fingerprint density at radius 3 is 2.88 bits per heavy atom. The maximum absolute atomic E-state index is 11.3. The lowest BCUT2D eigenvalue weighted by molar-refractivity contribution is -0.112. The summed E-state index contributed by atoms with van der Waals surface area (Å²) in [4.78, 5) is 13.6. The molecule has 0 radical (unpaired) electrons. The standard InChI is InChI=1S/C13H13ClINO/c14-10-3-9-6-16(5-8-1-2-8)12(7-17)13(9)11(15)4-10/h3-4,7-8,12H,1-2,5-6H2. The summed E-state index contributed by atoms with van der Waals surface area (Å²) in [6.07, 6.45) is 3.71. The number of fused-ring (bicyclic) bond motifs is 1. The van der Waals surface area contributed by atoms with E-state index in [9.17, 15) is 4.79 Å². The zero-order valence-corrected chi connectivity index (χ0v) is 12.2. The number of carbonyl (C=O) groups is 1. The maximum Gasteiger partial charge on any atom is 0.141 e. The third kappa shape index (κ3) is 2.25. The van der Waals surface area contributed by atoms with Gasteiger partial charge in [-0.2, -0.15) is 0 Å². The Morgan fingerprint density at radius 1 is 1.47 bits per heavy atom. The zero-order valence-electron chi connectivity index (χ0n) is 9.33. The first-order valence-electron chi connectivity index (χ1n) is 5.86. The van der Waals surface area contributed by atoms with Gasteiger partial charge in [-0.15, -0.1) is 0 Å². The van der Waals surface area contributed by atoms with Crippen molar-refractivity contribution in [1.29, 1.82) is 0 Å². The van der Waals surface area contributed by atoms with Crippen molar-refractivity contribution >= 4 is 40.5 Å². The van der Waals surface area contributed by atoms with E-state index in [1.807, 2.05) is 12.1 Å². The number of hydrogen-bond donors (Lipinski definition) is 0. The molecule has 90 valence electrons. The number of aldehydes is 1. The molecule has 1 aliphatic carbocycles. The summed E-state index contributed by atoms with van der Waals surface area (Å²) in [5, 5.41) is 0.770. The van der Waals surface area contributed by atoms with E-state index in [4.69, 9.17) is 11.6 Å². The zero-order chi connectivity index (χ0) is 12.0. The maximum atomic E-state index is 11.3. The fraction of sp³-hybridized carbons (Fsp3) is 0.462. The molecule has 0 aromatic heterocycles. The summed E-state index contributed by atoms with van der Waals surface area (Å²) in [6, 6.07) is 3.88. The second kappa shape index (κ2) is 4.52. The van der Waals surface area contributed by atoms with Gasteiger partial charge in [0.2, 0.25) is 0 Å². The summed E-state index contributed by atoms with van der Waals surface area (Å²) < 4.78 is 1.11. The highest BCUT2D eigenvalue weighted by Gasteiger charge is 2.35. The first kappa shape index (κ1) is 11.9. The van der Waals surface area contributed by atoms with Crippen LogP contribution in [0.2, 0.25) is 5.02 Å². The molecule has 0 N–H and O–H groups in total. The van der Waals surface area contributed by atoms with Crippen molar-refractivity contribution in [1.82, 2.24) is 4.90 Å². The average Bonchev–Trinajstić information content (AvgIpc) is 2.99. The lowest BCUT2D eigenvalue weighted by Gasteiger charge is -2.20. The van der Waals surface area contributed by atoms with Crippen LogP contribution in [0.3, 0.4) is 0 Å². The molecule has 4 heteroatoms. The molecule has 17 heavy (non-hydrogen) atoms. The number of hydrogen-bond acceptors (Lipinski definition) is 2.